The van der Waals surface area contributed by atoms with E-state index in [0.717, 1.165) is 45.3 Å². The monoisotopic (exact) mass is 348 g/mol. The molecule has 0 radical (unpaired) electrons. The molecule has 4 rings (SSSR count). The average molecular weight is 349 g/mol. The van der Waals surface area contributed by atoms with Gasteiger partial charge in [0.05, 0.1) is 18.6 Å². The average Bonchev–Trinajstić information content (AvgIpc) is 3.28. The molecule has 0 unspecified atom stereocenters. The highest BCUT2D eigenvalue weighted by Gasteiger charge is 2.38. The molecule has 1 saturated carbocycles. The number of thiophene rings is 1. The summed E-state index contributed by atoms with van der Waals surface area (Å²) in [6, 6.07) is 2.63. The van der Waals surface area contributed by atoms with Gasteiger partial charge in [-0.1, -0.05) is 12.8 Å². The van der Waals surface area contributed by atoms with Gasteiger partial charge in [-0.3, -0.25) is 9.69 Å². The third kappa shape index (κ3) is 3.84. The molecule has 2 aliphatic heterocycles. The smallest absolute Gasteiger partial charge is 0.225 e. The van der Waals surface area contributed by atoms with Crippen molar-refractivity contribution < 1.29 is 9.53 Å². The molecule has 1 aromatic heterocycles. The second-order valence-electron chi connectivity index (χ2n) is 7.71. The van der Waals surface area contributed by atoms with Crippen LogP contribution in [-0.2, 0) is 16.1 Å². The second-order valence-corrected chi connectivity index (χ2v) is 8.49. The van der Waals surface area contributed by atoms with E-state index in [4.69, 9.17) is 4.74 Å². The first kappa shape index (κ1) is 16.6. The summed E-state index contributed by atoms with van der Waals surface area (Å²) in [6.07, 6.45) is 7.27. The number of hydrogen-bond acceptors (Lipinski definition) is 4. The minimum Gasteiger partial charge on any atom is -0.377 e. The molecule has 1 aromatic rings. The summed E-state index contributed by atoms with van der Waals surface area (Å²) in [4.78, 5) is 15.1. The number of likely N-dealkylation sites (tertiary alicyclic amines) is 1. The van der Waals surface area contributed by atoms with Gasteiger partial charge in [0.2, 0.25) is 5.91 Å². The van der Waals surface area contributed by atoms with Crippen LogP contribution in [0.1, 0.15) is 44.1 Å². The number of fused-ring (bicyclic) bond motifs is 1. The number of hydrogen-bond donors (Lipinski definition) is 1. The minimum atomic E-state index is 0.0490. The molecule has 1 N–H and O–H groups in total. The number of carbonyl (C=O) groups is 1. The zero-order valence-corrected chi connectivity index (χ0v) is 15.1. The van der Waals surface area contributed by atoms with Gasteiger partial charge in [0.1, 0.15) is 0 Å². The fourth-order valence-electron chi connectivity index (χ4n) is 4.56. The highest BCUT2D eigenvalue weighted by atomic mass is 32.1. The van der Waals surface area contributed by atoms with Crippen molar-refractivity contribution in [3.63, 3.8) is 0 Å². The molecule has 0 aromatic carbocycles. The minimum absolute atomic E-state index is 0.0490. The summed E-state index contributed by atoms with van der Waals surface area (Å²) in [5.41, 5.74) is 1.41. The Balaban J connectivity index is 1.31. The Morgan fingerprint density at radius 1 is 1.33 bits per heavy atom. The standard InChI is InChI=1S/C19H28N2O2S/c22-19(20-17-3-1-2-4-17)16-9-15-11-21(7-5-18(15)23-12-16)10-14-6-8-24-13-14/h6,8,13,15-18H,1-5,7,9-12H2,(H,20,22)/t15-,16-,18+/m0/s1. The normalized spacial score (nSPS) is 31.8. The molecule has 3 atom stereocenters. The highest BCUT2D eigenvalue weighted by molar-refractivity contribution is 7.07. The SMILES string of the molecule is O=C(NC1CCCC1)[C@@H]1CO[C@@H]2CCN(Cc3ccsc3)C[C@@H]2C1. The van der Waals surface area contributed by atoms with Gasteiger partial charge in [0.25, 0.3) is 0 Å². The van der Waals surface area contributed by atoms with Crippen LogP contribution in [0.5, 0.6) is 0 Å². The van der Waals surface area contributed by atoms with E-state index in [2.05, 4.69) is 27.0 Å². The maximum Gasteiger partial charge on any atom is 0.225 e. The van der Waals surface area contributed by atoms with Crippen molar-refractivity contribution in [2.75, 3.05) is 19.7 Å². The number of nitrogens with zero attached hydrogens (tertiary/aromatic N) is 1. The fraction of sp³-hybridized carbons (Fsp3) is 0.737. The van der Waals surface area contributed by atoms with Gasteiger partial charge in [-0.2, -0.15) is 11.3 Å². The van der Waals surface area contributed by atoms with Crippen LogP contribution in [0.25, 0.3) is 0 Å². The Hall–Kier alpha value is -0.910. The second kappa shape index (κ2) is 7.54. The molecular weight excluding hydrogens is 320 g/mol. The van der Waals surface area contributed by atoms with E-state index in [1.54, 1.807) is 11.3 Å². The maximum atomic E-state index is 12.6. The van der Waals surface area contributed by atoms with Crippen molar-refractivity contribution in [1.29, 1.82) is 0 Å². The van der Waals surface area contributed by atoms with Crippen molar-refractivity contribution in [2.24, 2.45) is 11.8 Å². The maximum absolute atomic E-state index is 12.6. The van der Waals surface area contributed by atoms with E-state index in [-0.39, 0.29) is 11.8 Å². The van der Waals surface area contributed by atoms with Crippen molar-refractivity contribution >= 4 is 17.2 Å². The highest BCUT2D eigenvalue weighted by Crippen LogP contribution is 2.32. The number of nitrogens with one attached hydrogen (secondary N) is 1. The van der Waals surface area contributed by atoms with Crippen molar-refractivity contribution in [3.8, 4) is 0 Å². The summed E-state index contributed by atoms with van der Waals surface area (Å²) in [5.74, 6) is 0.786. The number of piperidine rings is 1. The van der Waals surface area contributed by atoms with Crippen LogP contribution in [0, 0.1) is 11.8 Å². The van der Waals surface area contributed by atoms with E-state index in [0.29, 0.717) is 24.7 Å². The lowest BCUT2D eigenvalue weighted by atomic mass is 9.83. The Morgan fingerprint density at radius 3 is 3.00 bits per heavy atom. The lowest BCUT2D eigenvalue weighted by Crippen LogP contribution is -2.50. The number of amides is 1. The molecule has 3 fully saturated rings. The first-order valence-corrected chi connectivity index (χ1v) is 10.4. The lowest BCUT2D eigenvalue weighted by molar-refractivity contribution is -0.139. The van der Waals surface area contributed by atoms with Gasteiger partial charge in [-0.15, -0.1) is 0 Å². The van der Waals surface area contributed by atoms with E-state index in [1.165, 1.54) is 18.4 Å². The van der Waals surface area contributed by atoms with Crippen molar-refractivity contribution in [2.45, 2.75) is 57.2 Å². The number of ether oxygens (including phenoxy) is 1. The summed E-state index contributed by atoms with van der Waals surface area (Å²) in [5, 5.41) is 7.65. The number of carbonyl (C=O) groups excluding carboxylic acids is 1. The molecule has 0 bridgehead atoms. The Kier molecular flexibility index (Phi) is 5.20. The fourth-order valence-corrected chi connectivity index (χ4v) is 5.22. The molecule has 1 amide bonds. The molecule has 3 aliphatic rings. The third-order valence-corrected chi connectivity index (χ3v) is 6.64. The summed E-state index contributed by atoms with van der Waals surface area (Å²) >= 11 is 1.77. The van der Waals surface area contributed by atoms with Crippen LogP contribution >= 0.6 is 11.3 Å². The van der Waals surface area contributed by atoms with Crippen LogP contribution in [0.2, 0.25) is 0 Å². The predicted molar refractivity (Wildman–Crippen MR) is 95.9 cm³/mol. The number of rotatable bonds is 4. The van der Waals surface area contributed by atoms with Gasteiger partial charge in [-0.25, -0.2) is 0 Å². The largest absolute Gasteiger partial charge is 0.377 e. The molecule has 132 valence electrons. The quantitative estimate of drug-likeness (QED) is 0.909. The van der Waals surface area contributed by atoms with Crippen LogP contribution in [0.4, 0.5) is 0 Å². The Labute approximate surface area is 148 Å². The Bertz CT molecular complexity index is 542. The third-order valence-electron chi connectivity index (χ3n) is 5.91. The lowest BCUT2D eigenvalue weighted by Gasteiger charge is -2.43. The Morgan fingerprint density at radius 2 is 2.21 bits per heavy atom. The molecule has 0 spiro atoms. The molecule has 5 heteroatoms. The molecule has 3 heterocycles. The van der Waals surface area contributed by atoms with Gasteiger partial charge in [0, 0.05) is 25.7 Å². The van der Waals surface area contributed by atoms with Crippen LogP contribution in [-0.4, -0.2) is 42.6 Å². The van der Waals surface area contributed by atoms with E-state index in [9.17, 15) is 4.79 Å². The molecule has 1 aliphatic carbocycles. The molecule has 24 heavy (non-hydrogen) atoms. The summed E-state index contributed by atoms with van der Waals surface area (Å²) < 4.78 is 6.08. The first-order chi connectivity index (χ1) is 11.8. The molecular formula is C19H28N2O2S. The van der Waals surface area contributed by atoms with Gasteiger partial charge < -0.3 is 10.1 Å². The van der Waals surface area contributed by atoms with Gasteiger partial charge in [0.15, 0.2) is 0 Å². The zero-order valence-electron chi connectivity index (χ0n) is 14.3. The molecule has 4 nitrogen and oxygen atoms in total. The van der Waals surface area contributed by atoms with Crippen LogP contribution < -0.4 is 5.32 Å². The van der Waals surface area contributed by atoms with E-state index in [1.807, 2.05) is 0 Å². The first-order valence-electron chi connectivity index (χ1n) is 9.43. The predicted octanol–water partition coefficient (Wildman–Crippen LogP) is 3.03. The van der Waals surface area contributed by atoms with Gasteiger partial charge >= 0.3 is 0 Å². The van der Waals surface area contributed by atoms with Crippen molar-refractivity contribution in [1.82, 2.24) is 10.2 Å². The molecule has 2 saturated heterocycles. The van der Waals surface area contributed by atoms with E-state index < -0.39 is 0 Å². The zero-order chi connectivity index (χ0) is 16.4. The van der Waals surface area contributed by atoms with Gasteiger partial charge in [-0.05, 0) is 54.0 Å². The van der Waals surface area contributed by atoms with Crippen LogP contribution in [0.15, 0.2) is 16.8 Å². The van der Waals surface area contributed by atoms with Crippen molar-refractivity contribution in [3.05, 3.63) is 22.4 Å². The summed E-state index contributed by atoms with van der Waals surface area (Å²) in [6.45, 7) is 3.82. The topological polar surface area (TPSA) is 41.6 Å². The van der Waals surface area contributed by atoms with Crippen LogP contribution in [0.3, 0.4) is 0 Å². The summed E-state index contributed by atoms with van der Waals surface area (Å²) in [7, 11) is 0. The van der Waals surface area contributed by atoms with E-state index >= 15 is 0 Å².